The molecule has 0 atom stereocenters. The van der Waals surface area contributed by atoms with Gasteiger partial charge < -0.3 is 9.80 Å². The van der Waals surface area contributed by atoms with Crippen molar-refractivity contribution in [3.05, 3.63) is 173 Å². The summed E-state index contributed by atoms with van der Waals surface area (Å²) in [6, 6.07) is 56.3. The van der Waals surface area contributed by atoms with Crippen LogP contribution >= 0.6 is 0 Å². The molecule has 0 N–H and O–H groups in total. The molecule has 0 unspecified atom stereocenters. The van der Waals surface area contributed by atoms with E-state index in [1.165, 1.54) is 101 Å². The molecule has 3 heteroatoms. The second kappa shape index (κ2) is 15.4. The highest BCUT2D eigenvalue weighted by atomic mass is 15.2. The van der Waals surface area contributed by atoms with Crippen LogP contribution in [0.15, 0.2) is 146 Å². The van der Waals surface area contributed by atoms with Crippen LogP contribution < -0.4 is 26.2 Å². The second-order valence-corrected chi connectivity index (χ2v) is 24.1. The molecule has 65 heavy (non-hydrogen) atoms. The smallest absolute Gasteiger partial charge is 0.252 e. The summed E-state index contributed by atoms with van der Waals surface area (Å²) in [5.74, 6) is 0. The molecule has 7 aromatic carbocycles. The highest BCUT2D eigenvalue weighted by Gasteiger charge is 2.45. The van der Waals surface area contributed by atoms with Crippen LogP contribution in [0, 0.1) is 0 Å². The van der Waals surface area contributed by atoms with E-state index >= 15 is 0 Å². The molecule has 0 fully saturated rings. The summed E-state index contributed by atoms with van der Waals surface area (Å²) in [5.41, 5.74) is 22.7. The molecule has 2 aliphatic heterocycles. The fourth-order valence-corrected chi connectivity index (χ4v) is 9.83. The van der Waals surface area contributed by atoms with Crippen molar-refractivity contribution >= 4 is 57.2 Å². The number of hydrogen-bond donors (Lipinski definition) is 0. The molecular formula is C62H69BN2. The molecule has 2 nitrogen and oxygen atoms in total. The average molecular weight is 853 g/mol. The van der Waals surface area contributed by atoms with Crippen molar-refractivity contribution in [3.8, 4) is 22.3 Å². The Morgan fingerprint density at radius 2 is 0.600 bits per heavy atom. The molecule has 330 valence electrons. The van der Waals surface area contributed by atoms with Gasteiger partial charge in [-0.05, 0) is 142 Å². The van der Waals surface area contributed by atoms with E-state index in [-0.39, 0.29) is 33.8 Å². The second-order valence-electron chi connectivity index (χ2n) is 24.1. The van der Waals surface area contributed by atoms with Gasteiger partial charge in [-0.3, -0.25) is 0 Å². The Labute approximate surface area is 391 Å². The Bertz CT molecular complexity index is 2680. The zero-order valence-corrected chi connectivity index (χ0v) is 41.8. The minimum Gasteiger partial charge on any atom is -0.311 e. The van der Waals surface area contributed by atoms with Gasteiger partial charge in [-0.2, -0.15) is 0 Å². The van der Waals surface area contributed by atoms with Gasteiger partial charge in [0.25, 0.3) is 6.71 Å². The van der Waals surface area contributed by atoms with Crippen LogP contribution in [0.25, 0.3) is 22.3 Å². The number of fused-ring (bicyclic) bond motifs is 4. The third kappa shape index (κ3) is 8.15. The van der Waals surface area contributed by atoms with Gasteiger partial charge in [-0.1, -0.05) is 201 Å². The van der Waals surface area contributed by atoms with E-state index in [2.05, 4.69) is 259 Å². The lowest BCUT2D eigenvalue weighted by Crippen LogP contribution is -2.61. The first-order valence-electron chi connectivity index (χ1n) is 23.9. The van der Waals surface area contributed by atoms with Crippen molar-refractivity contribution in [1.29, 1.82) is 0 Å². The lowest BCUT2D eigenvalue weighted by atomic mass is 9.33. The SMILES string of the molecule is CC(C)(C)c1cc(N2c3ccc(-c4ccccc4)cc3B3c4cc(-c5ccccc5)ccc4N(c4cc(C(C)(C)C)cc(C(C)(C)C)c4)c4cc(C(C)(C)C)cc2c43)cc(C(C)(C)C)c1. The molecule has 2 heterocycles. The van der Waals surface area contributed by atoms with Crippen LogP contribution in [-0.4, -0.2) is 6.71 Å². The Morgan fingerprint density at radius 3 is 0.908 bits per heavy atom. The molecule has 9 rings (SSSR count). The molecule has 0 saturated heterocycles. The Kier molecular flexibility index (Phi) is 10.5. The summed E-state index contributed by atoms with van der Waals surface area (Å²) in [7, 11) is 0. The van der Waals surface area contributed by atoms with E-state index in [1.54, 1.807) is 0 Å². The standard InChI is InChI=1S/C62H69BN2/c1-58(2,3)44-32-45(59(4,5)6)35-49(34-44)64-53-28-26-42(40-22-18-16-19-23-40)30-51(53)63-52-31-43(41-24-20-17-21-25-41)27-29-54(52)65(56-39-48(62(13,14)15)38-55(64)57(56)63)50-36-46(60(7,8)9)33-47(37-50)61(10,11)12/h16-39H,1-15H3. The summed E-state index contributed by atoms with van der Waals surface area (Å²) in [5, 5.41) is 0. The normalized spacial score (nSPS) is 14.0. The Hall–Kier alpha value is -5.80. The lowest BCUT2D eigenvalue weighted by Gasteiger charge is -2.46. The molecule has 0 aromatic heterocycles. The van der Waals surface area contributed by atoms with E-state index in [4.69, 9.17) is 0 Å². The number of nitrogens with zero attached hydrogens (tertiary/aromatic N) is 2. The van der Waals surface area contributed by atoms with Gasteiger partial charge in [-0.15, -0.1) is 0 Å². The summed E-state index contributed by atoms with van der Waals surface area (Å²) < 4.78 is 0. The van der Waals surface area contributed by atoms with Crippen LogP contribution in [0.1, 0.15) is 132 Å². The number of benzene rings is 7. The van der Waals surface area contributed by atoms with Crippen molar-refractivity contribution < 1.29 is 0 Å². The largest absolute Gasteiger partial charge is 0.311 e. The van der Waals surface area contributed by atoms with Gasteiger partial charge in [-0.25, -0.2) is 0 Å². The summed E-state index contributed by atoms with van der Waals surface area (Å²) in [6.07, 6.45) is 0. The van der Waals surface area contributed by atoms with Gasteiger partial charge in [0.15, 0.2) is 0 Å². The monoisotopic (exact) mass is 853 g/mol. The maximum Gasteiger partial charge on any atom is 0.252 e. The van der Waals surface area contributed by atoms with Crippen molar-refractivity contribution in [3.63, 3.8) is 0 Å². The quantitative estimate of drug-likeness (QED) is 0.163. The van der Waals surface area contributed by atoms with Crippen LogP contribution in [0.4, 0.5) is 34.1 Å². The molecular weight excluding hydrogens is 784 g/mol. The van der Waals surface area contributed by atoms with Gasteiger partial charge in [0, 0.05) is 34.1 Å². The van der Waals surface area contributed by atoms with Gasteiger partial charge >= 0.3 is 0 Å². The Morgan fingerprint density at radius 1 is 0.292 bits per heavy atom. The summed E-state index contributed by atoms with van der Waals surface area (Å²) in [6.45, 7) is 35.3. The summed E-state index contributed by atoms with van der Waals surface area (Å²) >= 11 is 0. The average Bonchev–Trinajstić information content (AvgIpc) is 3.24. The van der Waals surface area contributed by atoms with E-state index in [9.17, 15) is 0 Å². The number of rotatable bonds is 4. The van der Waals surface area contributed by atoms with Crippen molar-refractivity contribution in [2.75, 3.05) is 9.80 Å². The maximum atomic E-state index is 2.63. The van der Waals surface area contributed by atoms with Crippen molar-refractivity contribution in [1.82, 2.24) is 0 Å². The zero-order chi connectivity index (χ0) is 46.6. The zero-order valence-electron chi connectivity index (χ0n) is 41.8. The fraction of sp³-hybridized carbons (Fsp3) is 0.323. The van der Waals surface area contributed by atoms with Gasteiger partial charge in [0.05, 0.1) is 0 Å². The molecule has 0 amide bonds. The minimum absolute atomic E-state index is 0.0281. The van der Waals surface area contributed by atoms with Crippen LogP contribution in [0.5, 0.6) is 0 Å². The van der Waals surface area contributed by atoms with E-state index in [0.29, 0.717) is 0 Å². The molecule has 0 spiro atoms. The number of anilines is 6. The van der Waals surface area contributed by atoms with Crippen LogP contribution in [-0.2, 0) is 27.1 Å². The maximum absolute atomic E-state index is 2.63. The molecule has 0 saturated carbocycles. The first-order valence-corrected chi connectivity index (χ1v) is 23.9. The third-order valence-electron chi connectivity index (χ3n) is 14.0. The van der Waals surface area contributed by atoms with E-state index in [0.717, 1.165) is 0 Å². The predicted molar refractivity (Wildman–Crippen MR) is 285 cm³/mol. The first-order chi connectivity index (χ1) is 30.4. The molecule has 0 bridgehead atoms. The first kappa shape index (κ1) is 44.4. The minimum atomic E-state index is -0.124. The van der Waals surface area contributed by atoms with E-state index in [1.807, 2.05) is 0 Å². The summed E-state index contributed by atoms with van der Waals surface area (Å²) in [4.78, 5) is 5.27. The van der Waals surface area contributed by atoms with Gasteiger partial charge in [0.2, 0.25) is 0 Å². The molecule has 7 aromatic rings. The lowest BCUT2D eigenvalue weighted by molar-refractivity contribution is 0.568. The molecule has 0 aliphatic carbocycles. The number of hydrogen-bond acceptors (Lipinski definition) is 2. The predicted octanol–water partition coefficient (Wildman–Crippen LogP) is 15.6. The van der Waals surface area contributed by atoms with Crippen LogP contribution in [0.3, 0.4) is 0 Å². The molecule has 2 aliphatic rings. The topological polar surface area (TPSA) is 6.48 Å². The molecule has 0 radical (unpaired) electrons. The highest BCUT2D eigenvalue weighted by Crippen LogP contribution is 2.49. The fourth-order valence-electron chi connectivity index (χ4n) is 9.83. The van der Waals surface area contributed by atoms with Gasteiger partial charge in [0.1, 0.15) is 0 Å². The highest BCUT2D eigenvalue weighted by molar-refractivity contribution is 7.00. The van der Waals surface area contributed by atoms with E-state index < -0.39 is 0 Å². The van der Waals surface area contributed by atoms with Crippen LogP contribution in [0.2, 0.25) is 0 Å². The third-order valence-corrected chi connectivity index (χ3v) is 14.0. The van der Waals surface area contributed by atoms with Crippen molar-refractivity contribution in [2.45, 2.75) is 131 Å². The van der Waals surface area contributed by atoms with Crippen molar-refractivity contribution in [2.24, 2.45) is 0 Å². The Balaban J connectivity index is 1.46.